The van der Waals surface area contributed by atoms with Crippen molar-refractivity contribution in [2.45, 2.75) is 59.3 Å². The number of fused-ring (bicyclic) bond motifs is 1. The van der Waals surface area contributed by atoms with Crippen LogP contribution >= 0.6 is 0 Å². The summed E-state index contributed by atoms with van der Waals surface area (Å²) < 4.78 is 11.6. The molecule has 1 aromatic rings. The minimum absolute atomic E-state index is 0.0139. The zero-order chi connectivity index (χ0) is 21.9. The lowest BCUT2D eigenvalue weighted by atomic mass is 9.98. The first-order chi connectivity index (χ1) is 13.4. The molecule has 1 aliphatic heterocycles. The number of aldehydes is 1. The molecule has 7 heteroatoms. The van der Waals surface area contributed by atoms with Gasteiger partial charge in [0.25, 0.3) is 5.91 Å². The fourth-order valence-corrected chi connectivity index (χ4v) is 3.23. The van der Waals surface area contributed by atoms with Gasteiger partial charge in [-0.15, -0.1) is 0 Å². The molecule has 7 nitrogen and oxygen atoms in total. The maximum absolute atomic E-state index is 13.1. The highest BCUT2D eigenvalue weighted by atomic mass is 16.6. The van der Waals surface area contributed by atoms with Crippen molar-refractivity contribution in [3.05, 3.63) is 29.3 Å². The minimum atomic E-state index is -0.600. The van der Waals surface area contributed by atoms with Crippen molar-refractivity contribution >= 4 is 18.3 Å². The monoisotopic (exact) mass is 404 g/mol. The molecule has 2 rings (SSSR count). The molecule has 160 valence electrons. The molecule has 0 radical (unpaired) electrons. The summed E-state index contributed by atoms with van der Waals surface area (Å²) in [4.78, 5) is 40.3. The standard InChI is InChI=1S/C22H32N2O5/c1-14(2)24-11-15(3)18(12-23(7)21(27)29-22(4,5)6)28-19-16(13-25)9-8-10-17(19)20(24)26/h8-10,13-15,18H,11-12H2,1-7H3/t15-,18+/m0/s1. The molecule has 0 aromatic heterocycles. The quantitative estimate of drug-likeness (QED) is 0.717. The van der Waals surface area contributed by atoms with Crippen molar-refractivity contribution in [3.8, 4) is 5.75 Å². The summed E-state index contributed by atoms with van der Waals surface area (Å²) in [5.74, 6) is 0.0379. The Bertz CT molecular complexity index is 769. The van der Waals surface area contributed by atoms with Gasteiger partial charge in [0.05, 0.1) is 17.7 Å². The van der Waals surface area contributed by atoms with E-state index in [1.54, 1.807) is 30.1 Å². The van der Waals surface area contributed by atoms with E-state index in [-0.39, 0.29) is 30.2 Å². The molecule has 1 aliphatic rings. The lowest BCUT2D eigenvalue weighted by Gasteiger charge is -2.38. The molecule has 2 atom stereocenters. The number of para-hydroxylation sites is 1. The average molecular weight is 405 g/mol. The highest BCUT2D eigenvalue weighted by Gasteiger charge is 2.34. The lowest BCUT2D eigenvalue weighted by Crippen LogP contribution is -2.49. The summed E-state index contributed by atoms with van der Waals surface area (Å²) in [5, 5.41) is 0. The van der Waals surface area contributed by atoms with Crippen LogP contribution in [0.1, 0.15) is 62.3 Å². The zero-order valence-electron chi connectivity index (χ0n) is 18.4. The average Bonchev–Trinajstić information content (AvgIpc) is 2.62. The Morgan fingerprint density at radius 2 is 2.03 bits per heavy atom. The van der Waals surface area contributed by atoms with E-state index in [1.807, 2.05) is 41.5 Å². The first-order valence-corrected chi connectivity index (χ1v) is 9.94. The van der Waals surface area contributed by atoms with Gasteiger partial charge in [-0.3, -0.25) is 9.59 Å². The number of hydrogen-bond donors (Lipinski definition) is 0. The summed E-state index contributed by atoms with van der Waals surface area (Å²) in [6, 6.07) is 4.96. The van der Waals surface area contributed by atoms with E-state index in [0.717, 1.165) is 0 Å². The number of amides is 2. The highest BCUT2D eigenvalue weighted by Crippen LogP contribution is 2.31. The van der Waals surface area contributed by atoms with Crippen molar-refractivity contribution in [3.63, 3.8) is 0 Å². The van der Waals surface area contributed by atoms with E-state index in [0.29, 0.717) is 24.0 Å². The van der Waals surface area contributed by atoms with Gasteiger partial charge in [-0.2, -0.15) is 0 Å². The smallest absolute Gasteiger partial charge is 0.410 e. The van der Waals surface area contributed by atoms with Gasteiger partial charge in [-0.05, 0) is 46.8 Å². The van der Waals surface area contributed by atoms with Gasteiger partial charge < -0.3 is 19.3 Å². The molecular weight excluding hydrogens is 372 g/mol. The van der Waals surface area contributed by atoms with Crippen molar-refractivity contribution in [2.75, 3.05) is 20.1 Å². The fourth-order valence-electron chi connectivity index (χ4n) is 3.23. The van der Waals surface area contributed by atoms with Gasteiger partial charge in [0.1, 0.15) is 17.5 Å². The minimum Gasteiger partial charge on any atom is -0.487 e. The van der Waals surface area contributed by atoms with E-state index in [2.05, 4.69) is 0 Å². The molecule has 1 heterocycles. The Hall–Kier alpha value is -2.57. The second kappa shape index (κ2) is 8.84. The maximum atomic E-state index is 13.1. The summed E-state index contributed by atoms with van der Waals surface area (Å²) in [7, 11) is 1.65. The number of ether oxygens (including phenoxy) is 2. The number of benzene rings is 1. The van der Waals surface area contributed by atoms with Crippen molar-refractivity contribution in [2.24, 2.45) is 5.92 Å². The molecule has 0 spiro atoms. The number of carbonyl (C=O) groups excluding carboxylic acids is 3. The van der Waals surface area contributed by atoms with Crippen LogP contribution in [0.2, 0.25) is 0 Å². The molecule has 2 amide bonds. The van der Waals surface area contributed by atoms with Gasteiger partial charge in [-0.25, -0.2) is 4.79 Å². The van der Waals surface area contributed by atoms with Gasteiger partial charge in [0.2, 0.25) is 0 Å². The Morgan fingerprint density at radius 1 is 1.38 bits per heavy atom. The number of carbonyl (C=O) groups is 3. The van der Waals surface area contributed by atoms with E-state index in [4.69, 9.17) is 9.47 Å². The summed E-state index contributed by atoms with van der Waals surface area (Å²) >= 11 is 0. The zero-order valence-corrected chi connectivity index (χ0v) is 18.4. The third-order valence-corrected chi connectivity index (χ3v) is 4.83. The van der Waals surface area contributed by atoms with Crippen LogP contribution in [0.25, 0.3) is 0 Å². The van der Waals surface area contributed by atoms with Crippen LogP contribution in [0, 0.1) is 5.92 Å². The second-order valence-electron chi connectivity index (χ2n) is 8.89. The Balaban J connectivity index is 2.39. The predicted molar refractivity (Wildman–Crippen MR) is 110 cm³/mol. The van der Waals surface area contributed by atoms with E-state index < -0.39 is 17.8 Å². The third kappa shape index (κ3) is 5.49. The SMILES string of the molecule is CC(C)N1C[C@H](C)[C@@H](CN(C)C(=O)OC(C)(C)C)Oc2c(C=O)cccc2C1=O. The third-order valence-electron chi connectivity index (χ3n) is 4.83. The first kappa shape index (κ1) is 22.7. The molecule has 0 saturated carbocycles. The summed E-state index contributed by atoms with van der Waals surface area (Å²) in [6.45, 7) is 12.1. The summed E-state index contributed by atoms with van der Waals surface area (Å²) in [5.41, 5.74) is 0.0791. The van der Waals surface area contributed by atoms with Crippen LogP contribution in [-0.4, -0.2) is 66.0 Å². The predicted octanol–water partition coefficient (Wildman–Crippen LogP) is 3.61. The number of hydrogen-bond acceptors (Lipinski definition) is 5. The molecule has 0 bridgehead atoms. The largest absolute Gasteiger partial charge is 0.487 e. The molecule has 0 N–H and O–H groups in total. The van der Waals surface area contributed by atoms with E-state index >= 15 is 0 Å². The molecule has 1 aromatic carbocycles. The highest BCUT2D eigenvalue weighted by molar-refractivity contribution is 6.00. The van der Waals surface area contributed by atoms with Crippen LogP contribution in [0.15, 0.2) is 18.2 Å². The molecular formula is C22H32N2O5. The van der Waals surface area contributed by atoms with Gasteiger partial charge in [-0.1, -0.05) is 13.0 Å². The molecule has 0 unspecified atom stereocenters. The van der Waals surface area contributed by atoms with Crippen LogP contribution in [-0.2, 0) is 4.74 Å². The van der Waals surface area contributed by atoms with Crippen LogP contribution in [0.4, 0.5) is 4.79 Å². The maximum Gasteiger partial charge on any atom is 0.410 e. The second-order valence-corrected chi connectivity index (χ2v) is 8.89. The van der Waals surface area contributed by atoms with Crippen LogP contribution in [0.5, 0.6) is 5.75 Å². The number of rotatable bonds is 4. The molecule has 29 heavy (non-hydrogen) atoms. The normalized spacial score (nSPS) is 19.7. The topological polar surface area (TPSA) is 76.2 Å². The number of likely N-dealkylation sites (N-methyl/N-ethyl adjacent to an activating group) is 1. The van der Waals surface area contributed by atoms with Gasteiger partial charge >= 0.3 is 6.09 Å². The van der Waals surface area contributed by atoms with Crippen molar-refractivity contribution < 1.29 is 23.9 Å². The molecule has 0 saturated heterocycles. The molecule has 0 aliphatic carbocycles. The fraction of sp³-hybridized carbons (Fsp3) is 0.591. The van der Waals surface area contributed by atoms with Crippen LogP contribution < -0.4 is 4.74 Å². The van der Waals surface area contributed by atoms with Crippen molar-refractivity contribution in [1.29, 1.82) is 0 Å². The lowest BCUT2D eigenvalue weighted by molar-refractivity contribution is 0.0128. The van der Waals surface area contributed by atoms with Crippen molar-refractivity contribution in [1.82, 2.24) is 9.80 Å². The Labute approximate surface area is 172 Å². The number of nitrogens with zero attached hydrogens (tertiary/aromatic N) is 2. The molecule has 0 fully saturated rings. The van der Waals surface area contributed by atoms with Gasteiger partial charge in [0, 0.05) is 25.6 Å². The summed E-state index contributed by atoms with van der Waals surface area (Å²) in [6.07, 6.45) is -0.176. The Kier molecular flexibility index (Phi) is 6.93. The van der Waals surface area contributed by atoms with Crippen LogP contribution in [0.3, 0.4) is 0 Å². The van der Waals surface area contributed by atoms with E-state index in [1.165, 1.54) is 4.90 Å². The first-order valence-electron chi connectivity index (χ1n) is 9.94. The van der Waals surface area contributed by atoms with Gasteiger partial charge in [0.15, 0.2) is 6.29 Å². The Morgan fingerprint density at radius 3 is 2.59 bits per heavy atom. The van der Waals surface area contributed by atoms with E-state index in [9.17, 15) is 14.4 Å².